The van der Waals surface area contributed by atoms with Gasteiger partial charge in [0.2, 0.25) is 0 Å². The fraction of sp³-hybridized carbons (Fsp3) is 0.217. The van der Waals surface area contributed by atoms with Crippen LogP contribution in [0.2, 0.25) is 0 Å². The number of hydrogen-bond acceptors (Lipinski definition) is 7. The molecule has 174 valence electrons. The number of anilines is 1. The number of aryl methyl sites for hydroxylation is 1. The lowest BCUT2D eigenvalue weighted by Crippen LogP contribution is -2.34. The van der Waals surface area contributed by atoms with Gasteiger partial charge in [0, 0.05) is 30.2 Å². The summed E-state index contributed by atoms with van der Waals surface area (Å²) in [4.78, 5) is 35.8. The van der Waals surface area contributed by atoms with Crippen LogP contribution in [0.4, 0.5) is 19.0 Å². The van der Waals surface area contributed by atoms with Gasteiger partial charge in [-0.2, -0.15) is 13.2 Å². The Morgan fingerprint density at radius 3 is 2.47 bits per heavy atom. The third-order valence-corrected chi connectivity index (χ3v) is 5.32. The van der Waals surface area contributed by atoms with E-state index >= 15 is 0 Å². The summed E-state index contributed by atoms with van der Waals surface area (Å²) in [6.45, 7) is 3.47. The molecule has 11 heteroatoms. The third kappa shape index (κ3) is 4.77. The van der Waals surface area contributed by atoms with E-state index in [1.807, 2.05) is 0 Å². The van der Waals surface area contributed by atoms with Crippen LogP contribution in [0.5, 0.6) is 0 Å². The van der Waals surface area contributed by atoms with Gasteiger partial charge in [-0.3, -0.25) is 9.78 Å². The smallest absolute Gasteiger partial charge is 0.383 e. The zero-order valence-electron chi connectivity index (χ0n) is 18.3. The number of amides is 1. The van der Waals surface area contributed by atoms with Gasteiger partial charge >= 0.3 is 6.18 Å². The molecule has 0 aromatic carbocycles. The number of fused-ring (bicyclic) bond motifs is 1. The van der Waals surface area contributed by atoms with Gasteiger partial charge in [0.15, 0.2) is 5.65 Å². The zero-order chi connectivity index (χ0) is 24.5. The van der Waals surface area contributed by atoms with Crippen molar-refractivity contribution in [1.29, 1.82) is 0 Å². The summed E-state index contributed by atoms with van der Waals surface area (Å²) in [7, 11) is 0. The number of carbonyl (C=O) groups excluding carboxylic acids is 1. The number of carbonyl (C=O) groups is 1. The summed E-state index contributed by atoms with van der Waals surface area (Å²) in [5.41, 5.74) is 6.67. The number of alkyl halides is 3. The molecule has 0 aliphatic heterocycles. The van der Waals surface area contributed by atoms with E-state index in [0.29, 0.717) is 22.7 Å². The zero-order valence-corrected chi connectivity index (χ0v) is 18.3. The molecule has 1 atom stereocenters. The molecule has 4 aromatic rings. The van der Waals surface area contributed by atoms with Crippen molar-refractivity contribution >= 4 is 22.8 Å². The fourth-order valence-corrected chi connectivity index (χ4v) is 3.38. The van der Waals surface area contributed by atoms with E-state index in [4.69, 9.17) is 5.73 Å². The minimum atomic E-state index is -4.50. The topological polar surface area (TPSA) is 111 Å². The highest BCUT2D eigenvalue weighted by atomic mass is 19.4. The maximum absolute atomic E-state index is 13.6. The third-order valence-electron chi connectivity index (χ3n) is 5.32. The molecular weight excluding hydrogens is 447 g/mol. The average molecular weight is 467 g/mol. The van der Waals surface area contributed by atoms with Crippen molar-refractivity contribution in [2.45, 2.75) is 32.6 Å². The Bertz CT molecular complexity index is 1330. The summed E-state index contributed by atoms with van der Waals surface area (Å²) in [6.07, 6.45) is 0.734. The Hall–Kier alpha value is -4.15. The Morgan fingerprint density at radius 1 is 1.09 bits per heavy atom. The molecule has 0 bridgehead atoms. The fourth-order valence-electron chi connectivity index (χ4n) is 3.38. The first-order chi connectivity index (χ1) is 16.1. The van der Waals surface area contributed by atoms with E-state index < -0.39 is 23.7 Å². The molecule has 0 spiro atoms. The van der Waals surface area contributed by atoms with Crippen LogP contribution in [0, 0.1) is 6.92 Å². The van der Waals surface area contributed by atoms with E-state index in [1.165, 1.54) is 17.2 Å². The number of hydrogen-bond donors (Lipinski definition) is 1. The second kappa shape index (κ2) is 9.00. The SMILES string of the molecule is Cc1cc2cc(C(=O)N(Cc3ccc(C(F)(F)F)cn3)[C@H](C)c3ncccn3)cnc2nc1N. The predicted octanol–water partition coefficient (Wildman–Crippen LogP) is 4.13. The highest BCUT2D eigenvalue weighted by molar-refractivity contribution is 5.97. The van der Waals surface area contributed by atoms with Crippen molar-refractivity contribution in [1.82, 2.24) is 29.8 Å². The molecular formula is C23H20F3N7O. The van der Waals surface area contributed by atoms with Crippen LogP contribution in [0.15, 0.2) is 55.1 Å². The molecule has 1 amide bonds. The number of halogens is 3. The van der Waals surface area contributed by atoms with Crippen molar-refractivity contribution in [3.05, 3.63) is 83.3 Å². The number of pyridine rings is 3. The van der Waals surface area contributed by atoms with Crippen LogP contribution >= 0.6 is 0 Å². The normalized spacial score (nSPS) is 12.5. The molecule has 0 radical (unpaired) electrons. The molecule has 0 fully saturated rings. The number of rotatable bonds is 5. The number of nitrogens with zero attached hydrogens (tertiary/aromatic N) is 6. The molecule has 0 saturated heterocycles. The summed E-state index contributed by atoms with van der Waals surface area (Å²) < 4.78 is 38.8. The van der Waals surface area contributed by atoms with Crippen molar-refractivity contribution in [2.75, 3.05) is 5.73 Å². The predicted molar refractivity (Wildman–Crippen MR) is 118 cm³/mol. The van der Waals surface area contributed by atoms with E-state index in [-0.39, 0.29) is 17.8 Å². The van der Waals surface area contributed by atoms with Crippen LogP contribution in [-0.2, 0) is 12.7 Å². The molecule has 0 saturated carbocycles. The summed E-state index contributed by atoms with van der Waals surface area (Å²) in [5.74, 6) is 0.316. The Balaban J connectivity index is 1.70. The van der Waals surface area contributed by atoms with Crippen LogP contribution in [0.25, 0.3) is 11.0 Å². The van der Waals surface area contributed by atoms with E-state index in [1.54, 1.807) is 44.4 Å². The summed E-state index contributed by atoms with van der Waals surface area (Å²) in [6, 6.07) is 6.66. The first-order valence-electron chi connectivity index (χ1n) is 10.3. The highest BCUT2D eigenvalue weighted by Crippen LogP contribution is 2.29. The van der Waals surface area contributed by atoms with Gasteiger partial charge in [0.05, 0.1) is 29.4 Å². The molecule has 0 aliphatic rings. The molecule has 8 nitrogen and oxygen atoms in total. The average Bonchev–Trinajstić information content (AvgIpc) is 2.82. The molecule has 34 heavy (non-hydrogen) atoms. The lowest BCUT2D eigenvalue weighted by Gasteiger charge is -2.28. The van der Waals surface area contributed by atoms with E-state index in [0.717, 1.165) is 17.8 Å². The molecule has 2 N–H and O–H groups in total. The molecule has 0 unspecified atom stereocenters. The minimum Gasteiger partial charge on any atom is -0.383 e. The van der Waals surface area contributed by atoms with Crippen LogP contribution < -0.4 is 5.73 Å². The van der Waals surface area contributed by atoms with Gasteiger partial charge in [-0.1, -0.05) is 0 Å². The second-order valence-electron chi connectivity index (χ2n) is 7.71. The summed E-state index contributed by atoms with van der Waals surface area (Å²) in [5, 5.41) is 0.633. The largest absolute Gasteiger partial charge is 0.417 e. The Morgan fingerprint density at radius 2 is 1.82 bits per heavy atom. The molecule has 4 rings (SSSR count). The van der Waals surface area contributed by atoms with Crippen LogP contribution in [0.3, 0.4) is 0 Å². The van der Waals surface area contributed by atoms with Gasteiger partial charge in [-0.05, 0) is 49.7 Å². The second-order valence-corrected chi connectivity index (χ2v) is 7.71. The highest BCUT2D eigenvalue weighted by Gasteiger charge is 2.31. The standard InChI is InChI=1S/C23H20F3N7O/c1-13-8-15-9-16(10-31-21(15)32-19(13)27)22(34)33(14(2)20-28-6-3-7-29-20)12-18-5-4-17(11-30-18)23(24,25)26/h3-11,14H,12H2,1-2H3,(H2,27,31,32)/t14-/m1/s1. The van der Waals surface area contributed by atoms with Gasteiger partial charge in [0.1, 0.15) is 11.6 Å². The molecule has 4 heterocycles. The number of nitrogen functional groups attached to an aromatic ring is 1. The maximum Gasteiger partial charge on any atom is 0.417 e. The monoisotopic (exact) mass is 467 g/mol. The number of nitrogens with two attached hydrogens (primary N) is 1. The van der Waals surface area contributed by atoms with Gasteiger partial charge in [0.25, 0.3) is 5.91 Å². The number of aromatic nitrogens is 5. The van der Waals surface area contributed by atoms with E-state index in [9.17, 15) is 18.0 Å². The maximum atomic E-state index is 13.6. The minimum absolute atomic E-state index is 0.0621. The lowest BCUT2D eigenvalue weighted by atomic mass is 10.1. The van der Waals surface area contributed by atoms with Gasteiger partial charge < -0.3 is 10.6 Å². The van der Waals surface area contributed by atoms with E-state index in [2.05, 4.69) is 24.9 Å². The molecule has 4 aromatic heterocycles. The van der Waals surface area contributed by atoms with Gasteiger partial charge in [-0.15, -0.1) is 0 Å². The van der Waals surface area contributed by atoms with Crippen molar-refractivity contribution in [3.63, 3.8) is 0 Å². The first kappa shape index (κ1) is 23.0. The van der Waals surface area contributed by atoms with Crippen molar-refractivity contribution < 1.29 is 18.0 Å². The van der Waals surface area contributed by atoms with Gasteiger partial charge in [-0.25, -0.2) is 19.9 Å². The van der Waals surface area contributed by atoms with Crippen LogP contribution in [-0.4, -0.2) is 35.7 Å². The lowest BCUT2D eigenvalue weighted by molar-refractivity contribution is -0.137. The Labute approximate surface area is 192 Å². The Kier molecular flexibility index (Phi) is 6.10. The van der Waals surface area contributed by atoms with Crippen molar-refractivity contribution in [3.8, 4) is 0 Å². The molecule has 0 aliphatic carbocycles. The van der Waals surface area contributed by atoms with Crippen molar-refractivity contribution in [2.24, 2.45) is 0 Å². The van der Waals surface area contributed by atoms with Crippen LogP contribution in [0.1, 0.15) is 46.0 Å². The first-order valence-corrected chi connectivity index (χ1v) is 10.3. The summed E-state index contributed by atoms with van der Waals surface area (Å²) >= 11 is 0. The quantitative estimate of drug-likeness (QED) is 0.470.